The lowest BCUT2D eigenvalue weighted by Gasteiger charge is -2.16. The zero-order valence-electron chi connectivity index (χ0n) is 12.7. The van der Waals surface area contributed by atoms with Gasteiger partial charge in [0.1, 0.15) is 0 Å². The molecule has 0 aliphatic heterocycles. The Bertz CT molecular complexity index is 620. The smallest absolute Gasteiger partial charge is 0.233 e. The minimum atomic E-state index is -0.148. The van der Waals surface area contributed by atoms with Crippen LogP contribution < -0.4 is 5.32 Å². The molecule has 0 bridgehead atoms. The van der Waals surface area contributed by atoms with Crippen LogP contribution in [0.3, 0.4) is 0 Å². The van der Waals surface area contributed by atoms with Gasteiger partial charge in [0.15, 0.2) is 5.16 Å². The number of thioether (sulfide) groups is 1. The molecule has 0 radical (unpaired) electrons. The highest BCUT2D eigenvalue weighted by molar-refractivity contribution is 8.00. The Morgan fingerprint density at radius 1 is 1.32 bits per heavy atom. The van der Waals surface area contributed by atoms with Gasteiger partial charge in [-0.25, -0.2) is 4.98 Å². The molecular formula is C17H21N3OS. The highest BCUT2D eigenvalue weighted by Gasteiger charge is 2.22. The zero-order chi connectivity index (χ0) is 15.4. The van der Waals surface area contributed by atoms with Gasteiger partial charge in [-0.1, -0.05) is 42.8 Å². The predicted molar refractivity (Wildman–Crippen MR) is 89.3 cm³/mol. The first-order valence-electron chi connectivity index (χ1n) is 7.80. The van der Waals surface area contributed by atoms with Crippen LogP contribution in [0.25, 0.3) is 5.69 Å². The van der Waals surface area contributed by atoms with Crippen LogP contribution in [-0.2, 0) is 4.79 Å². The molecule has 0 spiro atoms. The molecular weight excluding hydrogens is 294 g/mol. The minimum absolute atomic E-state index is 0.111. The van der Waals surface area contributed by atoms with E-state index in [0.717, 1.165) is 23.7 Å². The number of nitrogens with one attached hydrogen (secondary N) is 1. The summed E-state index contributed by atoms with van der Waals surface area (Å²) in [5, 5.41) is 3.85. The van der Waals surface area contributed by atoms with Crippen molar-refractivity contribution in [2.24, 2.45) is 0 Å². The number of rotatable bonds is 5. The second-order valence-corrected chi connectivity index (χ2v) is 6.97. The number of carbonyl (C=O) groups excluding carboxylic acids is 1. The van der Waals surface area contributed by atoms with Crippen LogP contribution in [-0.4, -0.2) is 26.8 Å². The standard InChI is InChI=1S/C17H21N3OS/c1-13(16(21)19-14-7-5-6-8-14)22-17-18-11-12-20(17)15-9-3-2-4-10-15/h2-4,9-14H,5-8H2,1H3,(H,19,21). The van der Waals surface area contributed by atoms with Crippen LogP contribution in [0.4, 0.5) is 0 Å². The van der Waals surface area contributed by atoms with Crippen molar-refractivity contribution in [3.63, 3.8) is 0 Å². The molecule has 1 saturated carbocycles. The second-order valence-electron chi connectivity index (χ2n) is 5.67. The summed E-state index contributed by atoms with van der Waals surface area (Å²) in [7, 11) is 0. The quantitative estimate of drug-likeness (QED) is 0.860. The van der Waals surface area contributed by atoms with E-state index in [2.05, 4.69) is 10.3 Å². The Morgan fingerprint density at radius 2 is 2.05 bits per heavy atom. The van der Waals surface area contributed by atoms with Crippen LogP contribution in [0, 0.1) is 0 Å². The van der Waals surface area contributed by atoms with E-state index in [4.69, 9.17) is 0 Å². The molecule has 22 heavy (non-hydrogen) atoms. The number of hydrogen-bond acceptors (Lipinski definition) is 3. The first kappa shape index (κ1) is 15.2. The lowest BCUT2D eigenvalue weighted by atomic mass is 10.2. The van der Waals surface area contributed by atoms with E-state index in [1.807, 2.05) is 48.0 Å². The number of aromatic nitrogens is 2. The molecule has 1 N–H and O–H groups in total. The van der Waals surface area contributed by atoms with Gasteiger partial charge in [-0.05, 0) is 31.9 Å². The van der Waals surface area contributed by atoms with Crippen molar-refractivity contribution in [1.29, 1.82) is 0 Å². The van der Waals surface area contributed by atoms with Gasteiger partial charge in [0.25, 0.3) is 0 Å². The highest BCUT2D eigenvalue weighted by atomic mass is 32.2. The number of benzene rings is 1. The third-order valence-corrected chi connectivity index (χ3v) is 5.07. The maximum atomic E-state index is 12.3. The number of carbonyl (C=O) groups is 1. The molecule has 0 saturated heterocycles. The molecule has 1 aromatic heterocycles. The van der Waals surface area contributed by atoms with Crippen molar-refractivity contribution < 1.29 is 4.79 Å². The summed E-state index contributed by atoms with van der Waals surface area (Å²) in [5.74, 6) is 0.111. The molecule has 1 atom stereocenters. The summed E-state index contributed by atoms with van der Waals surface area (Å²) in [6.07, 6.45) is 8.38. The Kier molecular flexibility index (Phi) is 4.83. The van der Waals surface area contributed by atoms with E-state index in [1.165, 1.54) is 24.6 Å². The lowest BCUT2D eigenvalue weighted by Crippen LogP contribution is -2.37. The molecule has 1 aromatic carbocycles. The normalized spacial score (nSPS) is 16.6. The minimum Gasteiger partial charge on any atom is -0.352 e. The topological polar surface area (TPSA) is 46.9 Å². The van der Waals surface area contributed by atoms with Gasteiger partial charge >= 0.3 is 0 Å². The average molecular weight is 315 g/mol. The van der Waals surface area contributed by atoms with Crippen LogP contribution >= 0.6 is 11.8 Å². The van der Waals surface area contributed by atoms with Gasteiger partial charge in [-0.15, -0.1) is 0 Å². The van der Waals surface area contributed by atoms with E-state index in [9.17, 15) is 4.79 Å². The monoisotopic (exact) mass is 315 g/mol. The summed E-state index contributed by atoms with van der Waals surface area (Å²) < 4.78 is 2.02. The zero-order valence-corrected chi connectivity index (χ0v) is 13.6. The van der Waals surface area contributed by atoms with Crippen molar-refractivity contribution in [3.05, 3.63) is 42.7 Å². The first-order chi connectivity index (χ1) is 10.7. The number of nitrogens with zero attached hydrogens (tertiary/aromatic N) is 2. The molecule has 1 heterocycles. The number of para-hydroxylation sites is 1. The Morgan fingerprint density at radius 3 is 2.77 bits per heavy atom. The molecule has 1 unspecified atom stereocenters. The maximum absolute atomic E-state index is 12.3. The van der Waals surface area contributed by atoms with Crippen LogP contribution in [0.1, 0.15) is 32.6 Å². The van der Waals surface area contributed by atoms with E-state index < -0.39 is 0 Å². The van der Waals surface area contributed by atoms with Gasteiger partial charge in [-0.3, -0.25) is 9.36 Å². The first-order valence-corrected chi connectivity index (χ1v) is 8.68. The number of imidazole rings is 1. The fraction of sp³-hybridized carbons (Fsp3) is 0.412. The largest absolute Gasteiger partial charge is 0.352 e. The lowest BCUT2D eigenvalue weighted by molar-refractivity contribution is -0.120. The van der Waals surface area contributed by atoms with Crippen molar-refractivity contribution in [2.45, 2.75) is 49.1 Å². The van der Waals surface area contributed by atoms with Crippen molar-refractivity contribution in [1.82, 2.24) is 14.9 Å². The third kappa shape index (κ3) is 3.53. The summed E-state index contributed by atoms with van der Waals surface area (Å²) in [4.78, 5) is 16.7. The van der Waals surface area contributed by atoms with Crippen molar-refractivity contribution in [3.8, 4) is 5.69 Å². The van der Waals surface area contributed by atoms with Crippen molar-refractivity contribution >= 4 is 17.7 Å². The van der Waals surface area contributed by atoms with Gasteiger partial charge in [0, 0.05) is 24.1 Å². The molecule has 2 aromatic rings. The van der Waals surface area contributed by atoms with E-state index in [0.29, 0.717) is 6.04 Å². The molecule has 3 rings (SSSR count). The number of hydrogen-bond donors (Lipinski definition) is 1. The van der Waals surface area contributed by atoms with Gasteiger partial charge in [0.2, 0.25) is 5.91 Å². The fourth-order valence-corrected chi connectivity index (χ4v) is 3.66. The second kappa shape index (κ2) is 7.01. The molecule has 116 valence electrons. The van der Waals surface area contributed by atoms with Crippen LogP contribution in [0.15, 0.2) is 47.9 Å². The Labute approximate surface area is 135 Å². The SMILES string of the molecule is CC(Sc1nccn1-c1ccccc1)C(=O)NC1CCCC1. The predicted octanol–water partition coefficient (Wildman–Crippen LogP) is 3.41. The van der Waals surface area contributed by atoms with Gasteiger partial charge in [-0.2, -0.15) is 0 Å². The summed E-state index contributed by atoms with van der Waals surface area (Å²) in [5.41, 5.74) is 1.06. The molecule has 4 nitrogen and oxygen atoms in total. The molecule has 5 heteroatoms. The average Bonchev–Trinajstić information content (AvgIpc) is 3.19. The van der Waals surface area contributed by atoms with Gasteiger partial charge in [0.05, 0.1) is 5.25 Å². The highest BCUT2D eigenvalue weighted by Crippen LogP contribution is 2.25. The van der Waals surface area contributed by atoms with Crippen LogP contribution in [0.2, 0.25) is 0 Å². The summed E-state index contributed by atoms with van der Waals surface area (Å²) in [6.45, 7) is 1.94. The summed E-state index contributed by atoms with van der Waals surface area (Å²) >= 11 is 1.50. The van der Waals surface area contributed by atoms with E-state index in [-0.39, 0.29) is 11.2 Å². The molecule has 1 fully saturated rings. The Balaban J connectivity index is 1.65. The van der Waals surface area contributed by atoms with Gasteiger partial charge < -0.3 is 5.32 Å². The number of amides is 1. The molecule has 1 aliphatic rings. The van der Waals surface area contributed by atoms with E-state index in [1.54, 1.807) is 6.20 Å². The van der Waals surface area contributed by atoms with E-state index >= 15 is 0 Å². The molecule has 1 aliphatic carbocycles. The molecule has 1 amide bonds. The Hall–Kier alpha value is -1.75. The third-order valence-electron chi connectivity index (χ3n) is 3.99. The maximum Gasteiger partial charge on any atom is 0.233 e. The van der Waals surface area contributed by atoms with Crippen LogP contribution in [0.5, 0.6) is 0 Å². The van der Waals surface area contributed by atoms with Crippen molar-refractivity contribution in [2.75, 3.05) is 0 Å². The summed E-state index contributed by atoms with van der Waals surface area (Å²) in [6, 6.07) is 10.4. The fourth-order valence-electron chi connectivity index (χ4n) is 2.76.